The first-order valence-corrected chi connectivity index (χ1v) is 5.80. The minimum atomic E-state index is -0.210. The van der Waals surface area contributed by atoms with Crippen molar-refractivity contribution >= 4 is 11.6 Å². The van der Waals surface area contributed by atoms with E-state index in [9.17, 15) is 4.79 Å². The summed E-state index contributed by atoms with van der Waals surface area (Å²) in [5, 5.41) is 6.85. The molecule has 1 aromatic heterocycles. The molecule has 19 heavy (non-hydrogen) atoms. The molecule has 0 spiro atoms. The summed E-state index contributed by atoms with van der Waals surface area (Å²) in [7, 11) is 3.33. The summed E-state index contributed by atoms with van der Waals surface area (Å²) in [6, 6.07) is 6.79. The van der Waals surface area contributed by atoms with Gasteiger partial charge in [0.2, 0.25) is 0 Å². The van der Waals surface area contributed by atoms with E-state index < -0.39 is 0 Å². The van der Waals surface area contributed by atoms with Crippen LogP contribution in [0.3, 0.4) is 0 Å². The molecule has 0 aliphatic heterocycles. The van der Waals surface area contributed by atoms with E-state index in [0.29, 0.717) is 23.5 Å². The Kier molecular flexibility index (Phi) is 3.70. The predicted molar refractivity (Wildman–Crippen MR) is 71.8 cm³/mol. The van der Waals surface area contributed by atoms with Gasteiger partial charge in [0.1, 0.15) is 5.75 Å². The van der Waals surface area contributed by atoms with Crippen LogP contribution in [0, 0.1) is 0 Å². The lowest BCUT2D eigenvalue weighted by Gasteiger charge is -2.10. The van der Waals surface area contributed by atoms with Crippen molar-refractivity contribution in [2.45, 2.75) is 6.54 Å². The molecular weight excluding hydrogens is 244 g/mol. The van der Waals surface area contributed by atoms with E-state index in [4.69, 9.17) is 10.5 Å². The Morgan fingerprint density at radius 1 is 1.47 bits per heavy atom. The third-order valence-electron chi connectivity index (χ3n) is 2.82. The molecule has 0 fully saturated rings. The highest BCUT2D eigenvalue weighted by molar-refractivity contribution is 5.97. The fraction of sp³-hybridized carbons (Fsp3) is 0.231. The van der Waals surface area contributed by atoms with E-state index in [2.05, 4.69) is 10.4 Å². The van der Waals surface area contributed by atoms with Crippen LogP contribution >= 0.6 is 0 Å². The molecule has 0 bridgehead atoms. The molecule has 100 valence electrons. The number of nitrogens with one attached hydrogen (secondary N) is 1. The molecule has 1 heterocycles. The second kappa shape index (κ2) is 5.43. The Bertz CT molecular complexity index is 592. The number of nitrogens with zero attached hydrogens (tertiary/aromatic N) is 2. The van der Waals surface area contributed by atoms with E-state index in [1.165, 1.54) is 7.11 Å². The lowest BCUT2D eigenvalue weighted by atomic mass is 10.1. The summed E-state index contributed by atoms with van der Waals surface area (Å²) < 4.78 is 6.86. The van der Waals surface area contributed by atoms with Crippen LogP contribution in [0.15, 0.2) is 30.5 Å². The largest absolute Gasteiger partial charge is 0.496 e. The number of aryl methyl sites for hydroxylation is 1. The molecule has 0 unspecified atom stereocenters. The highest BCUT2D eigenvalue weighted by atomic mass is 16.5. The van der Waals surface area contributed by atoms with Gasteiger partial charge in [0.25, 0.3) is 5.91 Å². The van der Waals surface area contributed by atoms with Gasteiger partial charge in [-0.1, -0.05) is 0 Å². The average molecular weight is 260 g/mol. The molecule has 1 aromatic carbocycles. The summed E-state index contributed by atoms with van der Waals surface area (Å²) in [6.45, 7) is 0.406. The first-order valence-electron chi connectivity index (χ1n) is 5.80. The summed E-state index contributed by atoms with van der Waals surface area (Å²) in [5.41, 5.74) is 7.58. The quantitative estimate of drug-likeness (QED) is 0.801. The minimum absolute atomic E-state index is 0.210. The molecule has 6 heteroatoms. The van der Waals surface area contributed by atoms with Crippen LogP contribution in [0.2, 0.25) is 0 Å². The third-order valence-corrected chi connectivity index (χ3v) is 2.82. The summed E-state index contributed by atoms with van der Waals surface area (Å²) in [4.78, 5) is 12.1. The van der Waals surface area contributed by atoms with Crippen molar-refractivity contribution in [1.29, 1.82) is 0 Å². The van der Waals surface area contributed by atoms with E-state index in [-0.39, 0.29) is 5.91 Å². The van der Waals surface area contributed by atoms with Gasteiger partial charge in [-0.05, 0) is 18.2 Å². The van der Waals surface area contributed by atoms with Crippen molar-refractivity contribution in [3.63, 3.8) is 0 Å². The maximum Gasteiger partial charge on any atom is 0.255 e. The van der Waals surface area contributed by atoms with Crippen LogP contribution in [0.4, 0.5) is 5.69 Å². The van der Waals surface area contributed by atoms with Gasteiger partial charge in [-0.25, -0.2) is 0 Å². The van der Waals surface area contributed by atoms with Crippen molar-refractivity contribution in [2.75, 3.05) is 12.8 Å². The number of hydrogen-bond acceptors (Lipinski definition) is 4. The fourth-order valence-electron chi connectivity index (χ4n) is 1.74. The van der Waals surface area contributed by atoms with Gasteiger partial charge < -0.3 is 15.8 Å². The number of nitrogens with two attached hydrogens (primary N) is 1. The van der Waals surface area contributed by atoms with Crippen LogP contribution in [0.5, 0.6) is 5.75 Å². The molecule has 2 rings (SSSR count). The second-order valence-corrected chi connectivity index (χ2v) is 4.09. The number of rotatable bonds is 4. The predicted octanol–water partition coefficient (Wildman–Crippen LogP) is 0.941. The number of carbonyl (C=O) groups excluding carboxylic acids is 1. The number of nitrogen functional groups attached to an aromatic ring is 1. The highest BCUT2D eigenvalue weighted by Gasteiger charge is 2.12. The van der Waals surface area contributed by atoms with Gasteiger partial charge in [-0.3, -0.25) is 9.48 Å². The first-order chi connectivity index (χ1) is 9.11. The second-order valence-electron chi connectivity index (χ2n) is 4.09. The average Bonchev–Trinajstić information content (AvgIpc) is 2.81. The van der Waals surface area contributed by atoms with Crippen LogP contribution in [-0.2, 0) is 13.6 Å². The molecule has 0 saturated carbocycles. The minimum Gasteiger partial charge on any atom is -0.496 e. The molecule has 0 saturated heterocycles. The van der Waals surface area contributed by atoms with Gasteiger partial charge in [-0.15, -0.1) is 0 Å². The van der Waals surface area contributed by atoms with Crippen LogP contribution in [-0.4, -0.2) is 22.8 Å². The number of benzene rings is 1. The third kappa shape index (κ3) is 2.85. The number of amides is 1. The van der Waals surface area contributed by atoms with Crippen molar-refractivity contribution in [3.8, 4) is 5.75 Å². The van der Waals surface area contributed by atoms with Crippen LogP contribution < -0.4 is 15.8 Å². The Morgan fingerprint density at radius 3 is 2.89 bits per heavy atom. The van der Waals surface area contributed by atoms with Crippen LogP contribution in [0.1, 0.15) is 16.1 Å². The topological polar surface area (TPSA) is 82.2 Å². The first kappa shape index (κ1) is 12.9. The molecular formula is C13H16N4O2. The number of methoxy groups -OCH3 is 1. The van der Waals surface area contributed by atoms with Gasteiger partial charge in [0.05, 0.1) is 24.9 Å². The molecule has 6 nitrogen and oxygen atoms in total. The molecule has 1 amide bonds. The summed E-state index contributed by atoms with van der Waals surface area (Å²) in [5.74, 6) is 0.251. The smallest absolute Gasteiger partial charge is 0.255 e. The van der Waals surface area contributed by atoms with Crippen molar-refractivity contribution in [3.05, 3.63) is 41.7 Å². The number of hydrogen-bond donors (Lipinski definition) is 2. The number of aromatic nitrogens is 2. The summed E-state index contributed by atoms with van der Waals surface area (Å²) >= 11 is 0. The Hall–Kier alpha value is -2.50. The number of anilines is 1. The Labute approximate surface area is 111 Å². The van der Waals surface area contributed by atoms with Gasteiger partial charge in [-0.2, -0.15) is 5.10 Å². The lowest BCUT2D eigenvalue weighted by Crippen LogP contribution is -2.24. The van der Waals surface area contributed by atoms with Crippen molar-refractivity contribution in [2.24, 2.45) is 7.05 Å². The van der Waals surface area contributed by atoms with Gasteiger partial charge in [0.15, 0.2) is 0 Å². The number of carbonyl (C=O) groups is 1. The monoisotopic (exact) mass is 260 g/mol. The van der Waals surface area contributed by atoms with Gasteiger partial charge in [0, 0.05) is 25.0 Å². The fourth-order valence-corrected chi connectivity index (χ4v) is 1.74. The van der Waals surface area contributed by atoms with Crippen molar-refractivity contribution in [1.82, 2.24) is 15.1 Å². The van der Waals surface area contributed by atoms with Gasteiger partial charge >= 0.3 is 0 Å². The summed E-state index contributed by atoms with van der Waals surface area (Å²) in [6.07, 6.45) is 1.69. The molecule has 0 radical (unpaired) electrons. The van der Waals surface area contributed by atoms with Crippen LogP contribution in [0.25, 0.3) is 0 Å². The maximum atomic E-state index is 12.1. The molecule has 0 aliphatic carbocycles. The SMILES string of the molecule is COc1cc(N)ccc1C(=O)NCc1ccnn1C. The number of ether oxygens (including phenoxy) is 1. The normalized spacial score (nSPS) is 10.2. The van der Waals surface area contributed by atoms with E-state index in [1.807, 2.05) is 13.1 Å². The standard InChI is InChI=1S/C13H16N4O2/c1-17-10(5-6-16-17)8-15-13(18)11-4-3-9(14)7-12(11)19-2/h3-7H,8,14H2,1-2H3,(H,15,18). The van der Waals surface area contributed by atoms with Crippen molar-refractivity contribution < 1.29 is 9.53 Å². The van der Waals surface area contributed by atoms with E-state index in [1.54, 1.807) is 29.1 Å². The maximum absolute atomic E-state index is 12.1. The lowest BCUT2D eigenvalue weighted by molar-refractivity contribution is 0.0947. The molecule has 0 atom stereocenters. The zero-order valence-electron chi connectivity index (χ0n) is 10.9. The zero-order chi connectivity index (χ0) is 13.8. The zero-order valence-corrected chi connectivity index (χ0v) is 10.9. The highest BCUT2D eigenvalue weighted by Crippen LogP contribution is 2.21. The Morgan fingerprint density at radius 2 is 2.26 bits per heavy atom. The van der Waals surface area contributed by atoms with E-state index >= 15 is 0 Å². The molecule has 0 aliphatic rings. The molecule has 2 aromatic rings. The molecule has 3 N–H and O–H groups in total. The Balaban J connectivity index is 2.10. The van der Waals surface area contributed by atoms with E-state index in [0.717, 1.165) is 5.69 Å².